The summed E-state index contributed by atoms with van der Waals surface area (Å²) >= 11 is 0. The maximum Gasteiger partial charge on any atom is 0.157 e. The lowest BCUT2D eigenvalue weighted by Gasteiger charge is -2.20. The quantitative estimate of drug-likeness (QED) is 0.859. The second-order valence-corrected chi connectivity index (χ2v) is 5.41. The van der Waals surface area contributed by atoms with Crippen molar-refractivity contribution in [1.82, 2.24) is 4.98 Å². The lowest BCUT2D eigenvalue weighted by atomic mass is 10.2. The number of pyridine rings is 1. The fourth-order valence-corrected chi connectivity index (χ4v) is 2.67. The van der Waals surface area contributed by atoms with Crippen LogP contribution in [0.25, 0.3) is 0 Å². The third-order valence-electron chi connectivity index (χ3n) is 3.84. The summed E-state index contributed by atoms with van der Waals surface area (Å²) in [5.74, 6) is 0.878. The van der Waals surface area contributed by atoms with Gasteiger partial charge in [0.25, 0.3) is 0 Å². The standard InChI is InChI=1S/C17H17FN2O3/c18-13-6-8-20(9-13)17-12(3-2-7-19-17)11-23-16-5-1-4-15(22)14(16)10-21/h1-5,7,10,13,22H,6,8-9,11H2. The van der Waals surface area contributed by atoms with Gasteiger partial charge < -0.3 is 14.7 Å². The van der Waals surface area contributed by atoms with Crippen LogP contribution in [0.3, 0.4) is 0 Å². The van der Waals surface area contributed by atoms with E-state index in [1.807, 2.05) is 11.0 Å². The average molecular weight is 316 g/mol. The highest BCUT2D eigenvalue weighted by molar-refractivity contribution is 5.83. The van der Waals surface area contributed by atoms with E-state index in [1.54, 1.807) is 24.4 Å². The summed E-state index contributed by atoms with van der Waals surface area (Å²) in [5.41, 5.74) is 0.921. The lowest BCUT2D eigenvalue weighted by molar-refractivity contribution is 0.111. The van der Waals surface area contributed by atoms with E-state index >= 15 is 0 Å². The van der Waals surface area contributed by atoms with Gasteiger partial charge in [0.05, 0.1) is 12.1 Å². The van der Waals surface area contributed by atoms with Crippen molar-refractivity contribution in [3.63, 3.8) is 0 Å². The van der Waals surface area contributed by atoms with Crippen LogP contribution >= 0.6 is 0 Å². The van der Waals surface area contributed by atoms with Gasteiger partial charge in [0.1, 0.15) is 30.1 Å². The van der Waals surface area contributed by atoms with E-state index in [4.69, 9.17) is 4.74 Å². The number of alkyl halides is 1. The number of phenolic OH excluding ortho intramolecular Hbond substituents is 1. The molecule has 1 N–H and O–H groups in total. The summed E-state index contributed by atoms with van der Waals surface area (Å²) in [6.45, 7) is 1.13. The number of carbonyl (C=O) groups excluding carboxylic acids is 1. The number of nitrogens with zero attached hydrogens (tertiary/aromatic N) is 2. The van der Waals surface area contributed by atoms with Gasteiger partial charge in [0, 0.05) is 18.3 Å². The number of halogens is 1. The highest BCUT2D eigenvalue weighted by Gasteiger charge is 2.24. The van der Waals surface area contributed by atoms with E-state index in [9.17, 15) is 14.3 Å². The summed E-state index contributed by atoms with van der Waals surface area (Å²) in [6.07, 6.45) is 1.88. The molecule has 5 nitrogen and oxygen atoms in total. The van der Waals surface area contributed by atoms with Crippen LogP contribution in [-0.2, 0) is 6.61 Å². The maximum atomic E-state index is 13.4. The van der Waals surface area contributed by atoms with Crippen molar-refractivity contribution in [2.24, 2.45) is 0 Å². The predicted octanol–water partition coefficient (Wildman–Crippen LogP) is 2.73. The molecule has 6 heteroatoms. The molecule has 1 saturated heterocycles. The SMILES string of the molecule is O=Cc1c(O)cccc1OCc1cccnc1N1CCC(F)C1. The first kappa shape index (κ1) is 15.3. The summed E-state index contributed by atoms with van der Waals surface area (Å²) < 4.78 is 19.1. The number of rotatable bonds is 5. The number of carbonyl (C=O) groups is 1. The van der Waals surface area contributed by atoms with Crippen LogP contribution in [0.1, 0.15) is 22.3 Å². The van der Waals surface area contributed by atoms with Crippen molar-refractivity contribution in [2.75, 3.05) is 18.0 Å². The zero-order valence-corrected chi connectivity index (χ0v) is 12.5. The number of benzene rings is 1. The van der Waals surface area contributed by atoms with Crippen molar-refractivity contribution in [2.45, 2.75) is 19.2 Å². The van der Waals surface area contributed by atoms with E-state index in [0.29, 0.717) is 37.4 Å². The van der Waals surface area contributed by atoms with Crippen molar-refractivity contribution < 1.29 is 19.0 Å². The molecule has 1 aliphatic heterocycles. The van der Waals surface area contributed by atoms with Gasteiger partial charge in [0.2, 0.25) is 0 Å². The Kier molecular flexibility index (Phi) is 4.41. The molecule has 1 aliphatic rings. The number of aromatic hydroxyl groups is 1. The molecule has 2 heterocycles. The Morgan fingerprint density at radius 1 is 1.39 bits per heavy atom. The molecule has 3 rings (SSSR count). The van der Waals surface area contributed by atoms with Crippen molar-refractivity contribution in [1.29, 1.82) is 0 Å². The van der Waals surface area contributed by atoms with E-state index in [0.717, 1.165) is 5.56 Å². The largest absolute Gasteiger partial charge is 0.507 e. The Hall–Kier alpha value is -2.63. The molecule has 0 radical (unpaired) electrons. The molecule has 1 unspecified atom stereocenters. The molecule has 0 amide bonds. The van der Waals surface area contributed by atoms with Crippen LogP contribution < -0.4 is 9.64 Å². The van der Waals surface area contributed by atoms with Gasteiger partial charge in [-0.1, -0.05) is 12.1 Å². The molecular weight excluding hydrogens is 299 g/mol. The highest BCUT2D eigenvalue weighted by Crippen LogP contribution is 2.28. The first-order chi connectivity index (χ1) is 11.2. The number of phenols is 1. The molecule has 23 heavy (non-hydrogen) atoms. The summed E-state index contributed by atoms with van der Waals surface area (Å²) in [4.78, 5) is 17.3. The molecule has 0 saturated carbocycles. The van der Waals surface area contributed by atoms with E-state index in [1.165, 1.54) is 6.07 Å². The van der Waals surface area contributed by atoms with Gasteiger partial charge in [-0.25, -0.2) is 9.37 Å². The lowest BCUT2D eigenvalue weighted by Crippen LogP contribution is -2.23. The molecule has 0 aliphatic carbocycles. The molecule has 0 spiro atoms. The first-order valence-corrected chi connectivity index (χ1v) is 7.42. The Labute approximate surface area is 133 Å². The minimum atomic E-state index is -0.835. The monoisotopic (exact) mass is 316 g/mol. The van der Waals surface area contributed by atoms with Crippen molar-refractivity contribution >= 4 is 12.1 Å². The third-order valence-corrected chi connectivity index (χ3v) is 3.84. The van der Waals surface area contributed by atoms with Crippen LogP contribution in [0.2, 0.25) is 0 Å². The van der Waals surface area contributed by atoms with Gasteiger partial charge in [-0.2, -0.15) is 0 Å². The van der Waals surface area contributed by atoms with Crippen LogP contribution in [0.4, 0.5) is 10.2 Å². The van der Waals surface area contributed by atoms with Crippen molar-refractivity contribution in [3.8, 4) is 11.5 Å². The van der Waals surface area contributed by atoms with Crippen LogP contribution in [0, 0.1) is 0 Å². The molecule has 1 fully saturated rings. The van der Waals surface area contributed by atoms with E-state index in [2.05, 4.69) is 4.98 Å². The average Bonchev–Trinajstić information content (AvgIpc) is 2.99. The Bertz CT molecular complexity index is 708. The number of ether oxygens (including phenoxy) is 1. The minimum absolute atomic E-state index is 0.114. The first-order valence-electron chi connectivity index (χ1n) is 7.42. The second kappa shape index (κ2) is 6.64. The molecule has 0 bridgehead atoms. The Morgan fingerprint density at radius 2 is 2.26 bits per heavy atom. The molecular formula is C17H17FN2O3. The zero-order valence-electron chi connectivity index (χ0n) is 12.5. The smallest absolute Gasteiger partial charge is 0.157 e. The summed E-state index contributed by atoms with van der Waals surface area (Å²) in [7, 11) is 0. The van der Waals surface area contributed by atoms with Crippen molar-refractivity contribution in [3.05, 3.63) is 47.7 Å². The zero-order chi connectivity index (χ0) is 16.2. The van der Waals surface area contributed by atoms with Gasteiger partial charge in [-0.15, -0.1) is 0 Å². The Morgan fingerprint density at radius 3 is 3.00 bits per heavy atom. The highest BCUT2D eigenvalue weighted by atomic mass is 19.1. The fourth-order valence-electron chi connectivity index (χ4n) is 2.67. The maximum absolute atomic E-state index is 13.4. The van der Waals surface area contributed by atoms with Gasteiger partial charge >= 0.3 is 0 Å². The van der Waals surface area contributed by atoms with Gasteiger partial charge in [-0.3, -0.25) is 4.79 Å². The van der Waals surface area contributed by atoms with E-state index in [-0.39, 0.29) is 17.9 Å². The molecule has 1 atom stereocenters. The normalized spacial score (nSPS) is 17.3. The van der Waals surface area contributed by atoms with Gasteiger partial charge in [0.15, 0.2) is 6.29 Å². The number of hydrogen-bond donors (Lipinski definition) is 1. The Balaban J connectivity index is 1.79. The predicted molar refractivity (Wildman–Crippen MR) is 83.8 cm³/mol. The molecule has 2 aromatic rings. The number of hydrogen-bond acceptors (Lipinski definition) is 5. The topological polar surface area (TPSA) is 62.7 Å². The minimum Gasteiger partial charge on any atom is -0.507 e. The van der Waals surface area contributed by atoms with E-state index < -0.39 is 6.17 Å². The molecule has 120 valence electrons. The third kappa shape index (κ3) is 3.26. The summed E-state index contributed by atoms with van der Waals surface area (Å²) in [6, 6.07) is 8.30. The summed E-state index contributed by atoms with van der Waals surface area (Å²) in [5, 5.41) is 9.67. The van der Waals surface area contributed by atoms with Crippen LogP contribution in [-0.4, -0.2) is 35.6 Å². The number of anilines is 1. The number of aromatic nitrogens is 1. The molecule has 1 aromatic heterocycles. The number of aldehydes is 1. The van der Waals surface area contributed by atoms with Crippen LogP contribution in [0.15, 0.2) is 36.5 Å². The second-order valence-electron chi connectivity index (χ2n) is 5.41. The van der Waals surface area contributed by atoms with Gasteiger partial charge in [-0.05, 0) is 24.6 Å². The molecule has 1 aromatic carbocycles. The van der Waals surface area contributed by atoms with Crippen LogP contribution in [0.5, 0.6) is 11.5 Å². The fraction of sp³-hybridized carbons (Fsp3) is 0.294.